The van der Waals surface area contributed by atoms with Crippen molar-refractivity contribution in [3.8, 4) is 0 Å². The first-order chi connectivity index (χ1) is 16.1. The van der Waals surface area contributed by atoms with E-state index in [2.05, 4.69) is 30.9 Å². The Kier molecular flexibility index (Phi) is 13.1. The molecule has 1 aromatic heterocycles. The molecule has 14 nitrogen and oxygen atoms in total. The van der Waals surface area contributed by atoms with E-state index in [0.717, 1.165) is 0 Å². The molecule has 0 aliphatic rings. The number of guanidine groups is 1. The van der Waals surface area contributed by atoms with Gasteiger partial charge in [0.25, 0.3) is 0 Å². The van der Waals surface area contributed by atoms with Crippen LogP contribution in [0, 0.1) is 0 Å². The molecule has 1 aromatic rings. The Labute approximate surface area is 201 Å². The predicted molar refractivity (Wildman–Crippen MR) is 128 cm³/mol. The fourth-order valence-electron chi connectivity index (χ4n) is 2.84. The van der Waals surface area contributed by atoms with Crippen molar-refractivity contribution < 1.29 is 24.3 Å². The number of H-pyrrole nitrogens is 1. The van der Waals surface area contributed by atoms with Crippen LogP contribution in [-0.4, -0.2) is 87.9 Å². The number of hydrogen-bond donors (Lipinski definition) is 8. The highest BCUT2D eigenvalue weighted by Gasteiger charge is 2.28. The summed E-state index contributed by atoms with van der Waals surface area (Å²) in [4.78, 5) is 59.4. The number of aliphatic imine (C=N–C) groups is 1. The largest absolute Gasteiger partial charge is 0.480 e. The summed E-state index contributed by atoms with van der Waals surface area (Å²) in [7, 11) is 0. The molecule has 1 rings (SSSR count). The van der Waals surface area contributed by atoms with E-state index in [9.17, 15) is 19.2 Å². The highest BCUT2D eigenvalue weighted by molar-refractivity contribution is 7.98. The third kappa shape index (κ3) is 11.5. The fraction of sp³-hybridized carbons (Fsp3) is 0.579. The van der Waals surface area contributed by atoms with Crippen LogP contribution in [0.1, 0.15) is 25.0 Å². The number of nitrogens with two attached hydrogens (primary N) is 3. The van der Waals surface area contributed by atoms with Gasteiger partial charge in [0.2, 0.25) is 17.7 Å². The standard InChI is InChI=1S/C19H33N9O5S/c1-34-6-4-14(27-16(31)12(20)7-11-8-23-10-26-11)18(33)28-13(3-2-5-24-19(21)22)17(32)25-9-15(29)30/h8,10,12-14H,2-7,9,20H2,1H3,(H,23,26)(H,25,32)(H,27,31)(H,28,33)(H,29,30)(H4,21,22,24). The normalized spacial score (nSPS) is 13.2. The molecule has 34 heavy (non-hydrogen) atoms. The predicted octanol–water partition coefficient (Wildman–Crippen LogP) is -2.74. The second-order valence-corrected chi connectivity index (χ2v) is 8.34. The Morgan fingerprint density at radius 1 is 1.15 bits per heavy atom. The molecule has 0 aliphatic heterocycles. The first-order valence-electron chi connectivity index (χ1n) is 10.5. The molecule has 0 aliphatic carbocycles. The van der Waals surface area contributed by atoms with Crippen molar-refractivity contribution in [3.05, 3.63) is 18.2 Å². The van der Waals surface area contributed by atoms with Gasteiger partial charge in [0.05, 0.1) is 12.4 Å². The molecule has 0 fully saturated rings. The number of carbonyl (C=O) groups is 4. The Morgan fingerprint density at radius 2 is 1.82 bits per heavy atom. The number of rotatable bonds is 16. The van der Waals surface area contributed by atoms with E-state index in [0.29, 0.717) is 24.3 Å². The van der Waals surface area contributed by atoms with E-state index in [1.54, 1.807) is 6.20 Å². The lowest BCUT2D eigenvalue weighted by Gasteiger charge is -2.24. The van der Waals surface area contributed by atoms with Gasteiger partial charge in [-0.1, -0.05) is 0 Å². The quantitative estimate of drug-likeness (QED) is 0.0662. The Morgan fingerprint density at radius 3 is 2.41 bits per heavy atom. The number of aliphatic carboxylic acids is 1. The summed E-state index contributed by atoms with van der Waals surface area (Å²) in [5.74, 6) is -2.57. The number of hydrogen-bond acceptors (Lipinski definition) is 8. The molecule has 0 saturated heterocycles. The van der Waals surface area contributed by atoms with Crippen molar-refractivity contribution in [2.24, 2.45) is 22.2 Å². The SMILES string of the molecule is CSCCC(NC(=O)C(N)Cc1cnc[nH]1)C(=O)NC(CCCN=C(N)N)C(=O)NCC(=O)O. The second kappa shape index (κ2) is 15.5. The molecule has 3 unspecified atom stereocenters. The summed E-state index contributed by atoms with van der Waals surface area (Å²) in [6.45, 7) is -0.385. The van der Waals surface area contributed by atoms with Gasteiger partial charge < -0.3 is 43.2 Å². The van der Waals surface area contributed by atoms with E-state index in [-0.39, 0.29) is 25.3 Å². The van der Waals surface area contributed by atoms with Crippen molar-refractivity contribution in [1.29, 1.82) is 0 Å². The molecule has 0 bridgehead atoms. The minimum absolute atomic E-state index is 0.109. The van der Waals surface area contributed by atoms with Gasteiger partial charge in [-0.25, -0.2) is 4.98 Å². The average molecular weight is 500 g/mol. The zero-order valence-corrected chi connectivity index (χ0v) is 19.8. The van der Waals surface area contributed by atoms with Crippen LogP contribution in [0.2, 0.25) is 0 Å². The van der Waals surface area contributed by atoms with E-state index in [4.69, 9.17) is 22.3 Å². The van der Waals surface area contributed by atoms with Gasteiger partial charge in [-0.2, -0.15) is 11.8 Å². The lowest BCUT2D eigenvalue weighted by molar-refractivity contribution is -0.138. The summed E-state index contributed by atoms with van der Waals surface area (Å²) in [5, 5.41) is 16.3. The maximum atomic E-state index is 13.0. The molecule has 15 heteroatoms. The van der Waals surface area contributed by atoms with Crippen LogP contribution in [0.25, 0.3) is 0 Å². The fourth-order valence-corrected chi connectivity index (χ4v) is 3.31. The van der Waals surface area contributed by atoms with E-state index in [1.807, 2.05) is 6.26 Å². The van der Waals surface area contributed by atoms with E-state index < -0.39 is 48.4 Å². The number of carboxylic acid groups (broad SMARTS) is 1. The first-order valence-corrected chi connectivity index (χ1v) is 11.9. The van der Waals surface area contributed by atoms with Gasteiger partial charge in [0.15, 0.2) is 5.96 Å². The second-order valence-electron chi connectivity index (χ2n) is 7.35. The molecular formula is C19H33N9O5S. The van der Waals surface area contributed by atoms with E-state index in [1.165, 1.54) is 18.1 Å². The number of aromatic nitrogens is 2. The number of aromatic amines is 1. The topological polar surface area (TPSA) is 244 Å². The molecular weight excluding hydrogens is 466 g/mol. The van der Waals surface area contributed by atoms with Gasteiger partial charge in [-0.15, -0.1) is 0 Å². The van der Waals surface area contributed by atoms with Crippen LogP contribution in [0.4, 0.5) is 0 Å². The minimum atomic E-state index is -1.23. The van der Waals surface area contributed by atoms with Crippen LogP contribution in [-0.2, 0) is 25.6 Å². The molecule has 0 radical (unpaired) electrons. The van der Waals surface area contributed by atoms with Crippen LogP contribution in [0.15, 0.2) is 17.5 Å². The molecule has 1 heterocycles. The maximum absolute atomic E-state index is 13.0. The third-order valence-electron chi connectivity index (χ3n) is 4.57. The Balaban J connectivity index is 2.84. The van der Waals surface area contributed by atoms with Crippen molar-refractivity contribution in [2.75, 3.05) is 25.1 Å². The average Bonchev–Trinajstić information content (AvgIpc) is 3.29. The number of carboxylic acids is 1. The van der Waals surface area contributed by atoms with Crippen molar-refractivity contribution in [1.82, 2.24) is 25.9 Å². The monoisotopic (exact) mass is 499 g/mol. The molecule has 3 amide bonds. The number of amides is 3. The van der Waals surface area contributed by atoms with Crippen molar-refractivity contribution in [2.45, 2.75) is 43.8 Å². The van der Waals surface area contributed by atoms with Gasteiger partial charge in [0, 0.05) is 24.9 Å². The summed E-state index contributed by atoms with van der Waals surface area (Å²) >= 11 is 1.48. The number of imidazole rings is 1. The van der Waals surface area contributed by atoms with Crippen LogP contribution in [0.3, 0.4) is 0 Å². The summed E-state index contributed by atoms with van der Waals surface area (Å²) in [6, 6.07) is -2.91. The summed E-state index contributed by atoms with van der Waals surface area (Å²) in [5.41, 5.74) is 17.2. The minimum Gasteiger partial charge on any atom is -0.480 e. The highest BCUT2D eigenvalue weighted by Crippen LogP contribution is 2.06. The number of nitrogens with one attached hydrogen (secondary N) is 4. The summed E-state index contributed by atoms with van der Waals surface area (Å²) < 4.78 is 0. The highest BCUT2D eigenvalue weighted by atomic mass is 32.2. The molecule has 0 saturated carbocycles. The van der Waals surface area contributed by atoms with Crippen LogP contribution in [0.5, 0.6) is 0 Å². The van der Waals surface area contributed by atoms with Crippen molar-refractivity contribution >= 4 is 41.4 Å². The van der Waals surface area contributed by atoms with Gasteiger partial charge in [-0.05, 0) is 31.3 Å². The van der Waals surface area contributed by atoms with Crippen LogP contribution < -0.4 is 33.2 Å². The first kappa shape index (κ1) is 28.7. The lowest BCUT2D eigenvalue weighted by Crippen LogP contribution is -2.56. The van der Waals surface area contributed by atoms with Gasteiger partial charge in [-0.3, -0.25) is 24.2 Å². The van der Waals surface area contributed by atoms with Crippen molar-refractivity contribution in [3.63, 3.8) is 0 Å². The number of nitrogens with zero attached hydrogens (tertiary/aromatic N) is 2. The Hall–Kier alpha value is -3.33. The molecule has 0 spiro atoms. The smallest absolute Gasteiger partial charge is 0.322 e. The number of thioether (sulfide) groups is 1. The molecule has 3 atom stereocenters. The van der Waals surface area contributed by atoms with E-state index >= 15 is 0 Å². The lowest BCUT2D eigenvalue weighted by atomic mass is 10.1. The maximum Gasteiger partial charge on any atom is 0.322 e. The molecule has 190 valence electrons. The zero-order valence-electron chi connectivity index (χ0n) is 19.0. The zero-order chi connectivity index (χ0) is 25.5. The molecule has 11 N–H and O–H groups in total. The Bertz CT molecular complexity index is 830. The van der Waals surface area contributed by atoms with Gasteiger partial charge >= 0.3 is 5.97 Å². The van der Waals surface area contributed by atoms with Gasteiger partial charge in [0.1, 0.15) is 18.6 Å². The van der Waals surface area contributed by atoms with Crippen LogP contribution >= 0.6 is 11.8 Å². The molecule has 0 aromatic carbocycles. The third-order valence-corrected chi connectivity index (χ3v) is 5.21. The summed E-state index contributed by atoms with van der Waals surface area (Å²) in [6.07, 6.45) is 5.87. The number of carbonyl (C=O) groups excluding carboxylic acids is 3.